The minimum Gasteiger partial charge on any atom is -0.345 e. The van der Waals surface area contributed by atoms with Crippen LogP contribution in [-0.2, 0) is 11.3 Å². The van der Waals surface area contributed by atoms with E-state index in [2.05, 4.69) is 20.0 Å². The molecule has 1 saturated heterocycles. The lowest BCUT2D eigenvalue weighted by atomic mass is 10.1. The van der Waals surface area contributed by atoms with E-state index in [0.717, 1.165) is 16.6 Å². The number of fused-ring (bicyclic) bond motifs is 1. The zero-order valence-electron chi connectivity index (χ0n) is 10.9. The van der Waals surface area contributed by atoms with Crippen LogP contribution in [0.2, 0.25) is 0 Å². The number of aromatic amines is 1. The van der Waals surface area contributed by atoms with E-state index in [1.807, 2.05) is 23.1 Å². The number of nitrogens with zero attached hydrogens (tertiary/aromatic N) is 5. The quantitative estimate of drug-likeness (QED) is 0.523. The molecule has 102 valence electrons. The summed E-state index contributed by atoms with van der Waals surface area (Å²) in [7, 11) is 0. The molecule has 1 atom stereocenters. The number of benzene rings is 1. The highest BCUT2D eigenvalue weighted by Gasteiger charge is 2.28. The van der Waals surface area contributed by atoms with E-state index < -0.39 is 0 Å². The summed E-state index contributed by atoms with van der Waals surface area (Å²) >= 11 is 0. The molecule has 0 radical (unpaired) electrons. The van der Waals surface area contributed by atoms with Crippen molar-refractivity contribution in [2.45, 2.75) is 13.0 Å². The van der Waals surface area contributed by atoms with Gasteiger partial charge in [-0.2, -0.15) is 0 Å². The Morgan fingerprint density at radius 2 is 2.45 bits per heavy atom. The fourth-order valence-corrected chi connectivity index (χ4v) is 2.58. The van der Waals surface area contributed by atoms with E-state index >= 15 is 0 Å². The molecule has 1 aliphatic heterocycles. The first kappa shape index (κ1) is 12.5. The van der Waals surface area contributed by atoms with Gasteiger partial charge in [-0.25, -0.2) is 4.98 Å². The van der Waals surface area contributed by atoms with Crippen molar-refractivity contribution in [3.05, 3.63) is 40.5 Å². The Bertz CT molecular complexity index is 687. The van der Waals surface area contributed by atoms with Gasteiger partial charge >= 0.3 is 0 Å². The number of hydrogen-bond donors (Lipinski definition) is 1. The van der Waals surface area contributed by atoms with Crippen LogP contribution in [-0.4, -0.2) is 33.9 Å². The molecule has 1 aromatic carbocycles. The van der Waals surface area contributed by atoms with Crippen LogP contribution < -0.4 is 0 Å². The Kier molecular flexibility index (Phi) is 3.26. The molecule has 7 nitrogen and oxygen atoms in total. The lowest BCUT2D eigenvalue weighted by Crippen LogP contribution is -2.24. The summed E-state index contributed by atoms with van der Waals surface area (Å²) in [5, 5.41) is 3.55. The van der Waals surface area contributed by atoms with Crippen LogP contribution in [0.15, 0.2) is 29.6 Å². The number of likely N-dealkylation sites (tertiary alicyclic amines) is 1. The maximum absolute atomic E-state index is 11.9. The molecule has 0 aliphatic carbocycles. The summed E-state index contributed by atoms with van der Waals surface area (Å²) in [4.78, 5) is 23.7. The predicted octanol–water partition coefficient (Wildman–Crippen LogP) is 2.22. The van der Waals surface area contributed by atoms with Crippen molar-refractivity contribution < 1.29 is 4.79 Å². The normalized spacial score (nSPS) is 18.5. The number of H-pyrrole nitrogens is 1. The van der Waals surface area contributed by atoms with Crippen LogP contribution in [0.5, 0.6) is 0 Å². The number of hydrogen-bond acceptors (Lipinski definition) is 3. The first-order valence-electron chi connectivity index (χ1n) is 6.47. The van der Waals surface area contributed by atoms with Gasteiger partial charge in [0.1, 0.15) is 0 Å². The Morgan fingerprint density at radius 1 is 1.55 bits per heavy atom. The highest BCUT2D eigenvalue weighted by molar-refractivity contribution is 5.79. The maximum Gasteiger partial charge on any atom is 0.223 e. The third kappa shape index (κ3) is 2.44. The van der Waals surface area contributed by atoms with Crippen molar-refractivity contribution in [3.63, 3.8) is 0 Å². The Morgan fingerprint density at radius 3 is 3.30 bits per heavy atom. The largest absolute Gasteiger partial charge is 0.345 e. The van der Waals surface area contributed by atoms with Crippen LogP contribution in [0.4, 0.5) is 0 Å². The molecule has 1 N–H and O–H groups in total. The van der Waals surface area contributed by atoms with Crippen molar-refractivity contribution in [1.29, 1.82) is 0 Å². The minimum atomic E-state index is 0.118. The lowest BCUT2D eigenvalue weighted by molar-refractivity contribution is -0.128. The minimum absolute atomic E-state index is 0.118. The average Bonchev–Trinajstić information content (AvgIpc) is 3.03. The second-order valence-electron chi connectivity index (χ2n) is 5.01. The molecule has 20 heavy (non-hydrogen) atoms. The van der Waals surface area contributed by atoms with Gasteiger partial charge in [0.2, 0.25) is 5.91 Å². The second-order valence-corrected chi connectivity index (χ2v) is 5.01. The van der Waals surface area contributed by atoms with E-state index in [-0.39, 0.29) is 11.8 Å². The molecule has 1 unspecified atom stereocenters. The molecule has 1 amide bonds. The van der Waals surface area contributed by atoms with Gasteiger partial charge in [0, 0.05) is 31.0 Å². The zero-order chi connectivity index (χ0) is 13.9. The highest BCUT2D eigenvalue weighted by Crippen LogP contribution is 2.21. The SMILES string of the molecule is [N-]=[N+]=NCC1CC(=O)N(Cc2ccc3nc[nH]c3c2)C1. The van der Waals surface area contributed by atoms with Crippen LogP contribution in [0, 0.1) is 5.92 Å². The molecule has 0 bridgehead atoms. The highest BCUT2D eigenvalue weighted by atomic mass is 16.2. The van der Waals surface area contributed by atoms with Gasteiger partial charge in [-0.05, 0) is 29.1 Å². The van der Waals surface area contributed by atoms with Crippen LogP contribution in [0.3, 0.4) is 0 Å². The number of imidazole rings is 1. The Labute approximate surface area is 115 Å². The molecule has 7 heteroatoms. The Balaban J connectivity index is 1.70. The van der Waals surface area contributed by atoms with Gasteiger partial charge in [0.25, 0.3) is 0 Å². The number of nitrogens with one attached hydrogen (secondary N) is 1. The first-order chi connectivity index (χ1) is 9.76. The summed E-state index contributed by atoms with van der Waals surface area (Å²) in [6.45, 7) is 1.62. The van der Waals surface area contributed by atoms with E-state index in [4.69, 9.17) is 5.53 Å². The summed E-state index contributed by atoms with van der Waals surface area (Å²) < 4.78 is 0. The second kappa shape index (κ2) is 5.22. The van der Waals surface area contributed by atoms with E-state index in [1.165, 1.54) is 0 Å². The molecular formula is C13H14N6O. The smallest absolute Gasteiger partial charge is 0.223 e. The van der Waals surface area contributed by atoms with Gasteiger partial charge in [-0.1, -0.05) is 11.2 Å². The molecule has 2 heterocycles. The molecule has 1 aromatic heterocycles. The number of azide groups is 1. The molecule has 1 fully saturated rings. The van der Waals surface area contributed by atoms with Crippen LogP contribution in [0.1, 0.15) is 12.0 Å². The van der Waals surface area contributed by atoms with Crippen molar-refractivity contribution >= 4 is 16.9 Å². The van der Waals surface area contributed by atoms with Gasteiger partial charge < -0.3 is 9.88 Å². The topological polar surface area (TPSA) is 97.8 Å². The monoisotopic (exact) mass is 270 g/mol. The molecule has 0 saturated carbocycles. The summed E-state index contributed by atoms with van der Waals surface area (Å²) in [6, 6.07) is 5.94. The molecule has 2 aromatic rings. The standard InChI is InChI=1S/C13H14N6O/c14-18-17-5-10-4-13(20)19(7-10)6-9-1-2-11-12(3-9)16-8-15-11/h1-3,8,10H,4-7H2,(H,15,16). The molecule has 3 rings (SSSR count). The predicted molar refractivity (Wildman–Crippen MR) is 73.6 cm³/mol. The van der Waals surface area contributed by atoms with E-state index in [0.29, 0.717) is 26.1 Å². The van der Waals surface area contributed by atoms with Gasteiger partial charge in [-0.15, -0.1) is 0 Å². The van der Waals surface area contributed by atoms with Gasteiger partial charge in [0.15, 0.2) is 0 Å². The van der Waals surface area contributed by atoms with Crippen molar-refractivity contribution in [3.8, 4) is 0 Å². The van der Waals surface area contributed by atoms with Gasteiger partial charge in [0.05, 0.1) is 17.4 Å². The first-order valence-corrected chi connectivity index (χ1v) is 6.47. The number of carbonyl (C=O) groups is 1. The lowest BCUT2D eigenvalue weighted by Gasteiger charge is -2.16. The molecular weight excluding hydrogens is 256 g/mol. The van der Waals surface area contributed by atoms with Crippen LogP contribution >= 0.6 is 0 Å². The summed E-state index contributed by atoms with van der Waals surface area (Å²) in [5.74, 6) is 0.252. The third-order valence-electron chi connectivity index (χ3n) is 3.56. The number of carbonyl (C=O) groups excluding carboxylic acids is 1. The van der Waals surface area contributed by atoms with Crippen molar-refractivity contribution in [1.82, 2.24) is 14.9 Å². The van der Waals surface area contributed by atoms with Crippen molar-refractivity contribution in [2.75, 3.05) is 13.1 Å². The fourth-order valence-electron chi connectivity index (χ4n) is 2.58. The Hall–Kier alpha value is -2.53. The summed E-state index contributed by atoms with van der Waals surface area (Å²) in [5.41, 5.74) is 11.3. The average molecular weight is 270 g/mol. The van der Waals surface area contributed by atoms with Gasteiger partial charge in [-0.3, -0.25) is 4.79 Å². The van der Waals surface area contributed by atoms with Crippen LogP contribution in [0.25, 0.3) is 21.5 Å². The fraction of sp³-hybridized carbons (Fsp3) is 0.385. The maximum atomic E-state index is 11.9. The molecule has 0 spiro atoms. The summed E-state index contributed by atoms with van der Waals surface area (Å²) in [6.07, 6.45) is 2.12. The third-order valence-corrected chi connectivity index (χ3v) is 3.56. The number of amides is 1. The molecule has 1 aliphatic rings. The van der Waals surface area contributed by atoms with E-state index in [9.17, 15) is 4.79 Å². The number of aromatic nitrogens is 2. The van der Waals surface area contributed by atoms with E-state index in [1.54, 1.807) is 6.33 Å². The zero-order valence-corrected chi connectivity index (χ0v) is 10.9. The number of rotatable bonds is 4. The van der Waals surface area contributed by atoms with Crippen molar-refractivity contribution in [2.24, 2.45) is 11.0 Å².